The zero-order chi connectivity index (χ0) is 23.3. The molecule has 0 unspecified atom stereocenters. The summed E-state index contributed by atoms with van der Waals surface area (Å²) in [4.78, 5) is 13.1. The van der Waals surface area contributed by atoms with Crippen LogP contribution in [0.5, 0.6) is 0 Å². The minimum Gasteiger partial charge on any atom is -0.306 e. The Hall–Kier alpha value is -3.89. The summed E-state index contributed by atoms with van der Waals surface area (Å²) in [6, 6.07) is 35.8. The molecular formula is C29H24ClN3O. The molecule has 34 heavy (non-hydrogen) atoms. The number of hydrogen-bond donors (Lipinski definition) is 1. The maximum atomic E-state index is 13.1. The average molecular weight is 466 g/mol. The molecule has 1 atom stereocenters. The van der Waals surface area contributed by atoms with E-state index in [2.05, 4.69) is 29.6 Å². The van der Waals surface area contributed by atoms with E-state index in [1.54, 1.807) is 0 Å². The third-order valence-electron chi connectivity index (χ3n) is 5.95. The lowest BCUT2D eigenvalue weighted by Crippen LogP contribution is -2.30. The van der Waals surface area contributed by atoms with E-state index in [1.807, 2.05) is 84.9 Å². The topological polar surface area (TPSA) is 44.7 Å². The van der Waals surface area contributed by atoms with E-state index >= 15 is 0 Å². The minimum absolute atomic E-state index is 0.0126. The zero-order valence-electron chi connectivity index (χ0n) is 18.6. The summed E-state index contributed by atoms with van der Waals surface area (Å²) in [5, 5.41) is 9.88. The van der Waals surface area contributed by atoms with Crippen molar-refractivity contribution in [2.24, 2.45) is 5.10 Å². The molecule has 0 aliphatic carbocycles. The molecule has 0 saturated carbocycles. The van der Waals surface area contributed by atoms with Gasteiger partial charge in [0.05, 0.1) is 12.3 Å². The van der Waals surface area contributed by atoms with E-state index in [4.69, 9.17) is 16.7 Å². The van der Waals surface area contributed by atoms with Gasteiger partial charge in [0, 0.05) is 16.6 Å². The maximum absolute atomic E-state index is 13.1. The van der Waals surface area contributed by atoms with E-state index in [0.717, 1.165) is 28.9 Å². The molecule has 0 aromatic heterocycles. The van der Waals surface area contributed by atoms with Gasteiger partial charge in [-0.1, -0.05) is 96.5 Å². The molecule has 4 aromatic carbocycles. The van der Waals surface area contributed by atoms with Crippen molar-refractivity contribution < 1.29 is 4.79 Å². The molecule has 168 valence electrons. The predicted octanol–water partition coefficient (Wildman–Crippen LogP) is 6.97. The van der Waals surface area contributed by atoms with Gasteiger partial charge in [-0.25, -0.2) is 9.80 Å². The molecule has 1 N–H and O–H groups in total. The van der Waals surface area contributed by atoms with Crippen LogP contribution in [0.15, 0.2) is 114 Å². The summed E-state index contributed by atoms with van der Waals surface area (Å²) >= 11 is 6.08. The lowest BCUT2D eigenvalue weighted by atomic mass is 9.91. The van der Waals surface area contributed by atoms with Gasteiger partial charge in [-0.2, -0.15) is 5.10 Å². The standard InChI is InChI=1S/C29H24ClN3O/c30-25-15-13-24(14-16-25)28-27(23-9-5-2-6-10-23)20-33(32-28)29(34)31-26-17-11-22(12-18-26)19-21-7-3-1-4-8-21/h1-18,27H,19-20H2,(H,31,34)/t27-/m1/s1. The van der Waals surface area contributed by atoms with E-state index in [9.17, 15) is 4.79 Å². The first kappa shape index (κ1) is 21.9. The first-order valence-corrected chi connectivity index (χ1v) is 11.6. The van der Waals surface area contributed by atoms with Crippen LogP contribution >= 0.6 is 11.6 Å². The average Bonchev–Trinajstić information content (AvgIpc) is 3.33. The SMILES string of the molecule is O=C(Nc1ccc(Cc2ccccc2)cc1)N1C[C@H](c2ccccc2)C(c2ccc(Cl)cc2)=N1. The fraction of sp³-hybridized carbons (Fsp3) is 0.103. The summed E-state index contributed by atoms with van der Waals surface area (Å²) in [6.45, 7) is 0.472. The second-order valence-electron chi connectivity index (χ2n) is 8.33. The minimum atomic E-state index is -0.249. The van der Waals surface area contributed by atoms with Gasteiger partial charge in [0.15, 0.2) is 0 Å². The van der Waals surface area contributed by atoms with Crippen LogP contribution in [-0.2, 0) is 6.42 Å². The smallest absolute Gasteiger partial charge is 0.306 e. The fourth-order valence-corrected chi connectivity index (χ4v) is 4.31. The summed E-state index contributed by atoms with van der Waals surface area (Å²) in [5.74, 6) is -0.0126. The highest BCUT2D eigenvalue weighted by molar-refractivity contribution is 6.30. The lowest BCUT2D eigenvalue weighted by Gasteiger charge is -2.16. The zero-order valence-corrected chi connectivity index (χ0v) is 19.3. The van der Waals surface area contributed by atoms with Gasteiger partial charge in [0.1, 0.15) is 0 Å². The quantitative estimate of drug-likeness (QED) is 0.340. The number of carbonyl (C=O) groups excluding carboxylic acids is 1. The molecule has 0 spiro atoms. The van der Waals surface area contributed by atoms with Crippen molar-refractivity contribution in [3.63, 3.8) is 0 Å². The predicted molar refractivity (Wildman–Crippen MR) is 139 cm³/mol. The number of anilines is 1. The van der Waals surface area contributed by atoms with Crippen LogP contribution in [0, 0.1) is 0 Å². The summed E-state index contributed by atoms with van der Waals surface area (Å²) in [5.41, 5.74) is 6.13. The highest BCUT2D eigenvalue weighted by atomic mass is 35.5. The Labute approximate surface area is 204 Å². The van der Waals surface area contributed by atoms with Crippen LogP contribution in [0.1, 0.15) is 28.2 Å². The summed E-state index contributed by atoms with van der Waals surface area (Å²) in [6.07, 6.45) is 0.856. The summed E-state index contributed by atoms with van der Waals surface area (Å²) in [7, 11) is 0. The first-order valence-electron chi connectivity index (χ1n) is 11.3. The second-order valence-corrected chi connectivity index (χ2v) is 8.76. The van der Waals surface area contributed by atoms with Crippen LogP contribution < -0.4 is 5.32 Å². The van der Waals surface area contributed by atoms with Crippen molar-refractivity contribution in [2.45, 2.75) is 12.3 Å². The molecular weight excluding hydrogens is 442 g/mol. The number of urea groups is 1. The van der Waals surface area contributed by atoms with Crippen molar-refractivity contribution in [3.8, 4) is 0 Å². The monoisotopic (exact) mass is 465 g/mol. The normalized spacial score (nSPS) is 15.1. The first-order chi connectivity index (χ1) is 16.7. The Morgan fingerprint density at radius 1 is 0.824 bits per heavy atom. The number of amides is 2. The molecule has 0 bridgehead atoms. The van der Waals surface area contributed by atoms with Crippen molar-refractivity contribution in [2.75, 3.05) is 11.9 Å². The molecule has 4 nitrogen and oxygen atoms in total. The Morgan fingerprint density at radius 2 is 1.44 bits per heavy atom. The molecule has 1 aliphatic rings. The van der Waals surface area contributed by atoms with E-state index in [0.29, 0.717) is 11.6 Å². The van der Waals surface area contributed by atoms with Gasteiger partial charge in [0.2, 0.25) is 0 Å². The molecule has 5 heteroatoms. The van der Waals surface area contributed by atoms with Crippen molar-refractivity contribution >= 4 is 29.0 Å². The largest absolute Gasteiger partial charge is 0.342 e. The highest BCUT2D eigenvalue weighted by Gasteiger charge is 2.32. The number of benzene rings is 4. The third-order valence-corrected chi connectivity index (χ3v) is 6.20. The number of carbonyl (C=O) groups is 1. The van der Waals surface area contributed by atoms with Gasteiger partial charge in [0.25, 0.3) is 0 Å². The van der Waals surface area contributed by atoms with Crippen molar-refractivity contribution in [1.29, 1.82) is 0 Å². The van der Waals surface area contributed by atoms with Gasteiger partial charge in [-0.3, -0.25) is 0 Å². The van der Waals surface area contributed by atoms with Crippen LogP contribution in [0.25, 0.3) is 0 Å². The highest BCUT2D eigenvalue weighted by Crippen LogP contribution is 2.29. The number of hydrazone groups is 1. The Bertz CT molecular complexity index is 1290. The maximum Gasteiger partial charge on any atom is 0.342 e. The van der Waals surface area contributed by atoms with Gasteiger partial charge >= 0.3 is 6.03 Å². The number of rotatable bonds is 5. The van der Waals surface area contributed by atoms with E-state index in [-0.39, 0.29) is 11.9 Å². The molecule has 0 radical (unpaired) electrons. The lowest BCUT2D eigenvalue weighted by molar-refractivity contribution is 0.218. The Kier molecular flexibility index (Phi) is 6.41. The van der Waals surface area contributed by atoms with Crippen molar-refractivity contribution in [1.82, 2.24) is 5.01 Å². The summed E-state index contributed by atoms with van der Waals surface area (Å²) < 4.78 is 0. The molecule has 0 saturated heterocycles. The number of nitrogens with zero attached hydrogens (tertiary/aromatic N) is 2. The van der Waals surface area contributed by atoms with Crippen LogP contribution in [-0.4, -0.2) is 23.3 Å². The van der Waals surface area contributed by atoms with Crippen molar-refractivity contribution in [3.05, 3.63) is 136 Å². The van der Waals surface area contributed by atoms with Crippen LogP contribution in [0.4, 0.5) is 10.5 Å². The molecule has 2 amide bonds. The van der Waals surface area contributed by atoms with Gasteiger partial charge in [-0.05, 0) is 52.9 Å². The third kappa shape index (κ3) is 5.03. The number of halogens is 1. The molecule has 0 fully saturated rings. The second kappa shape index (κ2) is 9.94. The number of nitrogens with one attached hydrogen (secondary N) is 1. The Morgan fingerprint density at radius 3 is 2.12 bits per heavy atom. The number of hydrogen-bond acceptors (Lipinski definition) is 2. The molecule has 5 rings (SSSR count). The Balaban J connectivity index is 1.32. The molecule has 4 aromatic rings. The van der Waals surface area contributed by atoms with E-state index < -0.39 is 0 Å². The van der Waals surface area contributed by atoms with Crippen LogP contribution in [0.2, 0.25) is 5.02 Å². The van der Waals surface area contributed by atoms with Gasteiger partial charge in [-0.15, -0.1) is 0 Å². The van der Waals surface area contributed by atoms with E-state index in [1.165, 1.54) is 16.1 Å². The molecule has 1 heterocycles. The molecule has 1 aliphatic heterocycles. The van der Waals surface area contributed by atoms with Gasteiger partial charge < -0.3 is 5.32 Å². The van der Waals surface area contributed by atoms with Crippen LogP contribution in [0.3, 0.4) is 0 Å². The fourth-order valence-electron chi connectivity index (χ4n) is 4.18.